The van der Waals surface area contributed by atoms with Gasteiger partial charge in [0.1, 0.15) is 6.29 Å². The summed E-state index contributed by atoms with van der Waals surface area (Å²) in [6, 6.07) is 9.32. The fourth-order valence-electron chi connectivity index (χ4n) is 1.41. The van der Waals surface area contributed by atoms with Crippen LogP contribution in [0.3, 0.4) is 0 Å². The van der Waals surface area contributed by atoms with Crippen LogP contribution in [0.2, 0.25) is 0 Å². The van der Waals surface area contributed by atoms with Gasteiger partial charge in [-0.15, -0.1) is 0 Å². The van der Waals surface area contributed by atoms with Crippen LogP contribution in [0.25, 0.3) is 11.1 Å². The van der Waals surface area contributed by atoms with Gasteiger partial charge in [0.05, 0.1) is 6.04 Å². The number of aldehydes is 1. The van der Waals surface area contributed by atoms with Crippen LogP contribution in [0.1, 0.15) is 11.6 Å². The molecule has 2 nitrogen and oxygen atoms in total. The van der Waals surface area contributed by atoms with Crippen LogP contribution in [0.4, 0.5) is 0 Å². The fourth-order valence-corrected chi connectivity index (χ4v) is 2.07. The maximum Gasteiger partial charge on any atom is 0.141 e. The van der Waals surface area contributed by atoms with E-state index in [2.05, 4.69) is 11.4 Å². The molecular weight excluding hydrogens is 206 g/mol. The first-order chi connectivity index (χ1) is 7.31. The Morgan fingerprint density at radius 2 is 1.87 bits per heavy atom. The monoisotopic (exact) mass is 217 g/mol. The lowest BCUT2D eigenvalue weighted by Gasteiger charge is -2.04. The van der Waals surface area contributed by atoms with Gasteiger partial charge in [-0.25, -0.2) is 0 Å². The first-order valence-corrected chi connectivity index (χ1v) is 5.59. The van der Waals surface area contributed by atoms with Gasteiger partial charge in [-0.3, -0.25) is 0 Å². The molecule has 2 N–H and O–H groups in total. The van der Waals surface area contributed by atoms with Gasteiger partial charge in [0.2, 0.25) is 0 Å². The molecule has 0 bridgehead atoms. The summed E-state index contributed by atoms with van der Waals surface area (Å²) in [7, 11) is 0. The van der Waals surface area contributed by atoms with Gasteiger partial charge in [-0.05, 0) is 33.5 Å². The Kier molecular flexibility index (Phi) is 2.94. The lowest BCUT2D eigenvalue weighted by molar-refractivity contribution is -0.109. The molecule has 1 atom stereocenters. The van der Waals surface area contributed by atoms with Gasteiger partial charge >= 0.3 is 0 Å². The van der Waals surface area contributed by atoms with Crippen molar-refractivity contribution in [2.45, 2.75) is 6.04 Å². The third-order valence-corrected chi connectivity index (χ3v) is 2.98. The summed E-state index contributed by atoms with van der Waals surface area (Å²) < 4.78 is 0. The lowest BCUT2D eigenvalue weighted by Crippen LogP contribution is -2.10. The summed E-state index contributed by atoms with van der Waals surface area (Å²) in [6.45, 7) is 0. The van der Waals surface area contributed by atoms with Crippen molar-refractivity contribution in [3.8, 4) is 11.1 Å². The fraction of sp³-hybridized carbons (Fsp3) is 0.0833. The van der Waals surface area contributed by atoms with E-state index in [-0.39, 0.29) is 0 Å². The molecule has 0 aliphatic heterocycles. The van der Waals surface area contributed by atoms with Crippen LogP contribution in [-0.2, 0) is 4.79 Å². The highest BCUT2D eigenvalue weighted by molar-refractivity contribution is 7.08. The van der Waals surface area contributed by atoms with Crippen LogP contribution >= 0.6 is 11.3 Å². The summed E-state index contributed by atoms with van der Waals surface area (Å²) in [5, 5.41) is 4.13. The molecule has 0 spiro atoms. The molecule has 3 heteroatoms. The van der Waals surface area contributed by atoms with Crippen molar-refractivity contribution >= 4 is 17.6 Å². The minimum atomic E-state index is -0.512. The average Bonchev–Trinajstić information content (AvgIpc) is 2.82. The van der Waals surface area contributed by atoms with Crippen molar-refractivity contribution in [2.75, 3.05) is 0 Å². The van der Waals surface area contributed by atoms with Gasteiger partial charge in [0.25, 0.3) is 0 Å². The summed E-state index contributed by atoms with van der Waals surface area (Å²) in [6.07, 6.45) is 0.750. The Morgan fingerprint density at radius 3 is 2.40 bits per heavy atom. The Balaban J connectivity index is 2.28. The minimum Gasteiger partial charge on any atom is -0.318 e. The molecule has 0 amide bonds. The largest absolute Gasteiger partial charge is 0.318 e. The predicted octanol–water partition coefficient (Wildman–Crippen LogP) is 2.61. The molecule has 0 aliphatic rings. The third kappa shape index (κ3) is 2.14. The van der Waals surface area contributed by atoms with E-state index >= 15 is 0 Å². The molecule has 0 aliphatic carbocycles. The molecule has 1 aromatic carbocycles. The Hall–Kier alpha value is -1.45. The standard InChI is InChI=1S/C12H11NOS/c13-12(7-14)10-3-1-9(2-4-10)11-5-6-15-8-11/h1-8,12H,13H2. The summed E-state index contributed by atoms with van der Waals surface area (Å²) in [5.41, 5.74) is 8.80. The van der Waals surface area contributed by atoms with Crippen molar-refractivity contribution in [3.63, 3.8) is 0 Å². The molecule has 2 rings (SSSR count). The van der Waals surface area contributed by atoms with Crippen molar-refractivity contribution in [1.82, 2.24) is 0 Å². The van der Waals surface area contributed by atoms with E-state index in [4.69, 9.17) is 5.73 Å². The third-order valence-electron chi connectivity index (χ3n) is 2.30. The van der Waals surface area contributed by atoms with E-state index in [0.29, 0.717) is 0 Å². The summed E-state index contributed by atoms with van der Waals surface area (Å²) in [4.78, 5) is 10.5. The minimum absolute atomic E-state index is 0.512. The molecule has 15 heavy (non-hydrogen) atoms. The van der Waals surface area contributed by atoms with E-state index in [1.165, 1.54) is 5.56 Å². The van der Waals surface area contributed by atoms with Crippen molar-refractivity contribution < 1.29 is 4.79 Å². The van der Waals surface area contributed by atoms with Gasteiger partial charge in [0.15, 0.2) is 0 Å². The SMILES string of the molecule is NC(C=O)c1ccc(-c2ccsc2)cc1. The van der Waals surface area contributed by atoms with Crippen LogP contribution in [0.5, 0.6) is 0 Å². The van der Waals surface area contributed by atoms with E-state index in [9.17, 15) is 4.79 Å². The smallest absolute Gasteiger partial charge is 0.141 e. The molecule has 0 radical (unpaired) electrons. The number of hydrogen-bond acceptors (Lipinski definition) is 3. The van der Waals surface area contributed by atoms with Crippen molar-refractivity contribution in [1.29, 1.82) is 0 Å². The second-order valence-corrected chi connectivity index (χ2v) is 4.08. The normalized spacial score (nSPS) is 12.3. The first kappa shape index (κ1) is 10.1. The van der Waals surface area contributed by atoms with Crippen LogP contribution in [0, 0.1) is 0 Å². The molecular formula is C12H11NOS. The van der Waals surface area contributed by atoms with E-state index in [1.807, 2.05) is 29.6 Å². The molecule has 1 heterocycles. The highest BCUT2D eigenvalue weighted by Crippen LogP contribution is 2.23. The number of nitrogens with two attached hydrogens (primary N) is 1. The number of rotatable bonds is 3. The number of hydrogen-bond donors (Lipinski definition) is 1. The number of benzene rings is 1. The van der Waals surface area contributed by atoms with Gasteiger partial charge in [-0.1, -0.05) is 24.3 Å². The molecule has 0 saturated heterocycles. The van der Waals surface area contributed by atoms with Crippen LogP contribution in [0.15, 0.2) is 41.1 Å². The quantitative estimate of drug-likeness (QED) is 0.803. The van der Waals surface area contributed by atoms with Gasteiger partial charge < -0.3 is 10.5 Å². The molecule has 0 saturated carbocycles. The Bertz CT molecular complexity index is 433. The second-order valence-electron chi connectivity index (χ2n) is 3.30. The van der Waals surface area contributed by atoms with E-state index in [0.717, 1.165) is 17.4 Å². The van der Waals surface area contributed by atoms with Crippen molar-refractivity contribution in [2.24, 2.45) is 5.73 Å². The van der Waals surface area contributed by atoms with Gasteiger partial charge in [0, 0.05) is 0 Å². The molecule has 76 valence electrons. The van der Waals surface area contributed by atoms with Crippen molar-refractivity contribution in [3.05, 3.63) is 46.7 Å². The van der Waals surface area contributed by atoms with E-state index < -0.39 is 6.04 Å². The number of carbonyl (C=O) groups excluding carboxylic acids is 1. The zero-order valence-corrected chi connectivity index (χ0v) is 8.91. The molecule has 2 aromatic rings. The highest BCUT2D eigenvalue weighted by Gasteiger charge is 2.04. The molecule has 0 fully saturated rings. The summed E-state index contributed by atoms with van der Waals surface area (Å²) >= 11 is 1.67. The van der Waals surface area contributed by atoms with Gasteiger partial charge in [-0.2, -0.15) is 11.3 Å². The second kappa shape index (κ2) is 4.38. The zero-order chi connectivity index (χ0) is 10.7. The maximum absolute atomic E-state index is 10.5. The lowest BCUT2D eigenvalue weighted by atomic mass is 10.0. The topological polar surface area (TPSA) is 43.1 Å². The zero-order valence-electron chi connectivity index (χ0n) is 8.09. The Morgan fingerprint density at radius 1 is 1.13 bits per heavy atom. The molecule has 1 aromatic heterocycles. The maximum atomic E-state index is 10.5. The number of carbonyl (C=O) groups is 1. The number of thiophene rings is 1. The van der Waals surface area contributed by atoms with Crippen LogP contribution in [-0.4, -0.2) is 6.29 Å². The first-order valence-electron chi connectivity index (χ1n) is 4.64. The molecule has 1 unspecified atom stereocenters. The average molecular weight is 217 g/mol. The predicted molar refractivity (Wildman–Crippen MR) is 62.7 cm³/mol. The summed E-state index contributed by atoms with van der Waals surface area (Å²) in [5.74, 6) is 0. The van der Waals surface area contributed by atoms with Crippen LogP contribution < -0.4 is 5.73 Å². The van der Waals surface area contributed by atoms with E-state index in [1.54, 1.807) is 11.3 Å². The highest BCUT2D eigenvalue weighted by atomic mass is 32.1. The Labute approximate surface area is 92.4 Å².